The van der Waals surface area contributed by atoms with Gasteiger partial charge in [-0.25, -0.2) is 9.78 Å². The van der Waals surface area contributed by atoms with E-state index in [0.29, 0.717) is 5.56 Å². The molecule has 0 unspecified atom stereocenters. The van der Waals surface area contributed by atoms with Gasteiger partial charge in [-0.3, -0.25) is 0 Å². The van der Waals surface area contributed by atoms with E-state index in [-0.39, 0.29) is 5.97 Å². The van der Waals surface area contributed by atoms with Gasteiger partial charge >= 0.3 is 5.97 Å². The van der Waals surface area contributed by atoms with E-state index in [4.69, 9.17) is 9.72 Å². The molecule has 140 valence electrons. The second-order valence-corrected chi connectivity index (χ2v) is 7.35. The van der Waals surface area contributed by atoms with Gasteiger partial charge in [0.25, 0.3) is 0 Å². The summed E-state index contributed by atoms with van der Waals surface area (Å²) in [5, 5.41) is 0. The topological polar surface area (TPSA) is 47.4 Å². The van der Waals surface area contributed by atoms with E-state index in [1.807, 2.05) is 24.3 Å². The standard InChI is InChI=1S/C22H25N3O2/c1-16-10-12-24(13-11-16)22-23-19-14-18(21(26)27-2)8-9-20(19)25(22)15-17-6-4-3-5-7-17/h3-9,14,16H,10-13,15H2,1-2H3. The van der Waals surface area contributed by atoms with Gasteiger partial charge in [0.1, 0.15) is 0 Å². The number of fused-ring (bicyclic) bond motifs is 1. The summed E-state index contributed by atoms with van der Waals surface area (Å²) in [6.07, 6.45) is 2.36. The number of hydrogen-bond donors (Lipinski definition) is 0. The molecule has 1 aliphatic rings. The molecule has 5 heteroatoms. The van der Waals surface area contributed by atoms with Crippen LogP contribution in [0.5, 0.6) is 0 Å². The Morgan fingerprint density at radius 3 is 2.59 bits per heavy atom. The lowest BCUT2D eigenvalue weighted by Crippen LogP contribution is -2.34. The van der Waals surface area contributed by atoms with Crippen molar-refractivity contribution in [2.45, 2.75) is 26.3 Å². The predicted octanol–water partition coefficient (Wildman–Crippen LogP) is 4.11. The van der Waals surface area contributed by atoms with Gasteiger partial charge < -0.3 is 14.2 Å². The van der Waals surface area contributed by atoms with Crippen LogP contribution in [-0.2, 0) is 11.3 Å². The molecule has 4 rings (SSSR count). The molecule has 5 nitrogen and oxygen atoms in total. The van der Waals surface area contributed by atoms with Crippen molar-refractivity contribution in [3.8, 4) is 0 Å². The van der Waals surface area contributed by atoms with Crippen LogP contribution in [0.25, 0.3) is 11.0 Å². The Bertz CT molecular complexity index is 941. The van der Waals surface area contributed by atoms with E-state index >= 15 is 0 Å². The number of imidazole rings is 1. The fourth-order valence-electron chi connectivity index (χ4n) is 3.73. The minimum absolute atomic E-state index is 0.331. The summed E-state index contributed by atoms with van der Waals surface area (Å²) in [6, 6.07) is 16.1. The molecule has 0 bridgehead atoms. The Morgan fingerprint density at radius 1 is 1.15 bits per heavy atom. The number of carbonyl (C=O) groups excluding carboxylic acids is 1. The average Bonchev–Trinajstić information content (AvgIpc) is 3.06. The third-order valence-corrected chi connectivity index (χ3v) is 5.40. The Morgan fingerprint density at radius 2 is 1.89 bits per heavy atom. The highest BCUT2D eigenvalue weighted by atomic mass is 16.5. The number of hydrogen-bond acceptors (Lipinski definition) is 4. The molecule has 1 saturated heterocycles. The van der Waals surface area contributed by atoms with Crippen LogP contribution in [0.3, 0.4) is 0 Å². The van der Waals surface area contributed by atoms with Crippen LogP contribution >= 0.6 is 0 Å². The number of ether oxygens (including phenoxy) is 1. The Balaban J connectivity index is 1.78. The zero-order valence-corrected chi connectivity index (χ0v) is 15.9. The molecule has 0 amide bonds. The van der Waals surface area contributed by atoms with Crippen molar-refractivity contribution in [2.24, 2.45) is 5.92 Å². The molecule has 2 heterocycles. The zero-order valence-electron chi connectivity index (χ0n) is 15.9. The fraction of sp³-hybridized carbons (Fsp3) is 0.364. The van der Waals surface area contributed by atoms with Gasteiger partial charge in [0.2, 0.25) is 5.95 Å². The maximum Gasteiger partial charge on any atom is 0.337 e. The number of nitrogens with zero attached hydrogens (tertiary/aromatic N) is 3. The molecule has 0 aliphatic carbocycles. The van der Waals surface area contributed by atoms with Gasteiger partial charge in [-0.2, -0.15) is 0 Å². The SMILES string of the molecule is COC(=O)c1ccc2c(c1)nc(N1CCC(C)CC1)n2Cc1ccccc1. The Labute approximate surface area is 159 Å². The van der Waals surface area contributed by atoms with Crippen LogP contribution in [0, 0.1) is 5.92 Å². The van der Waals surface area contributed by atoms with Crippen LogP contribution in [0.2, 0.25) is 0 Å². The molecular formula is C22H25N3O2. The first-order valence-corrected chi connectivity index (χ1v) is 9.53. The summed E-state index contributed by atoms with van der Waals surface area (Å²) in [5.41, 5.74) is 3.65. The second-order valence-electron chi connectivity index (χ2n) is 7.35. The van der Waals surface area contributed by atoms with Gasteiger partial charge in [-0.05, 0) is 42.5 Å². The number of carbonyl (C=O) groups is 1. The van der Waals surface area contributed by atoms with E-state index < -0.39 is 0 Å². The molecule has 2 aromatic carbocycles. The van der Waals surface area contributed by atoms with Crippen molar-refractivity contribution >= 4 is 23.0 Å². The minimum atomic E-state index is -0.331. The number of methoxy groups -OCH3 is 1. The van der Waals surface area contributed by atoms with Crippen molar-refractivity contribution in [3.05, 3.63) is 59.7 Å². The fourth-order valence-corrected chi connectivity index (χ4v) is 3.73. The minimum Gasteiger partial charge on any atom is -0.465 e. The highest BCUT2D eigenvalue weighted by molar-refractivity contribution is 5.94. The first-order valence-electron chi connectivity index (χ1n) is 9.53. The van der Waals surface area contributed by atoms with Gasteiger partial charge in [0, 0.05) is 13.1 Å². The largest absolute Gasteiger partial charge is 0.465 e. The summed E-state index contributed by atoms with van der Waals surface area (Å²) in [7, 11) is 1.40. The molecule has 0 N–H and O–H groups in total. The summed E-state index contributed by atoms with van der Waals surface area (Å²) in [5.74, 6) is 1.42. The number of piperidine rings is 1. The maximum absolute atomic E-state index is 11.9. The van der Waals surface area contributed by atoms with Crippen LogP contribution in [-0.4, -0.2) is 35.7 Å². The van der Waals surface area contributed by atoms with Gasteiger partial charge in [0.15, 0.2) is 0 Å². The van der Waals surface area contributed by atoms with Crippen molar-refractivity contribution in [3.63, 3.8) is 0 Å². The molecule has 3 aromatic rings. The monoisotopic (exact) mass is 363 g/mol. The predicted molar refractivity (Wildman–Crippen MR) is 107 cm³/mol. The van der Waals surface area contributed by atoms with E-state index in [9.17, 15) is 4.79 Å². The number of aromatic nitrogens is 2. The smallest absolute Gasteiger partial charge is 0.337 e. The Kier molecular flexibility index (Phi) is 4.84. The maximum atomic E-state index is 11.9. The van der Waals surface area contributed by atoms with Crippen LogP contribution in [0.4, 0.5) is 5.95 Å². The lowest BCUT2D eigenvalue weighted by Gasteiger charge is -2.31. The Hall–Kier alpha value is -2.82. The van der Waals surface area contributed by atoms with Crippen molar-refractivity contribution in [1.82, 2.24) is 9.55 Å². The van der Waals surface area contributed by atoms with Crippen LogP contribution < -0.4 is 4.90 Å². The highest BCUT2D eigenvalue weighted by Gasteiger charge is 2.22. The van der Waals surface area contributed by atoms with Gasteiger partial charge in [-0.15, -0.1) is 0 Å². The van der Waals surface area contributed by atoms with E-state index in [1.165, 1.54) is 25.5 Å². The normalized spacial score (nSPS) is 15.3. The number of benzene rings is 2. The molecule has 1 aliphatic heterocycles. The van der Waals surface area contributed by atoms with Gasteiger partial charge in [-0.1, -0.05) is 37.3 Å². The quantitative estimate of drug-likeness (QED) is 0.655. The molecule has 0 spiro atoms. The molecular weight excluding hydrogens is 338 g/mol. The van der Waals surface area contributed by atoms with Crippen LogP contribution in [0.15, 0.2) is 48.5 Å². The lowest BCUT2D eigenvalue weighted by molar-refractivity contribution is 0.0601. The number of anilines is 1. The first kappa shape index (κ1) is 17.6. The number of rotatable bonds is 4. The molecule has 1 aromatic heterocycles. The third kappa shape index (κ3) is 3.54. The molecule has 1 fully saturated rings. The summed E-state index contributed by atoms with van der Waals surface area (Å²) >= 11 is 0. The molecule has 0 atom stereocenters. The molecule has 0 saturated carbocycles. The molecule has 0 radical (unpaired) electrons. The summed E-state index contributed by atoms with van der Waals surface area (Å²) in [6.45, 7) is 5.11. The average molecular weight is 363 g/mol. The van der Waals surface area contributed by atoms with E-state index in [2.05, 4.69) is 40.7 Å². The number of esters is 1. The van der Waals surface area contributed by atoms with Crippen molar-refractivity contribution in [1.29, 1.82) is 0 Å². The third-order valence-electron chi connectivity index (χ3n) is 5.40. The first-order chi connectivity index (χ1) is 13.2. The van der Waals surface area contributed by atoms with E-state index in [1.54, 1.807) is 0 Å². The summed E-state index contributed by atoms with van der Waals surface area (Å²) in [4.78, 5) is 19.2. The second kappa shape index (κ2) is 7.43. The molecule has 27 heavy (non-hydrogen) atoms. The van der Waals surface area contributed by atoms with E-state index in [0.717, 1.165) is 42.5 Å². The lowest BCUT2D eigenvalue weighted by atomic mass is 10.00. The highest BCUT2D eigenvalue weighted by Crippen LogP contribution is 2.28. The van der Waals surface area contributed by atoms with Crippen LogP contribution in [0.1, 0.15) is 35.7 Å². The zero-order chi connectivity index (χ0) is 18.8. The van der Waals surface area contributed by atoms with Crippen molar-refractivity contribution in [2.75, 3.05) is 25.1 Å². The van der Waals surface area contributed by atoms with Crippen molar-refractivity contribution < 1.29 is 9.53 Å². The summed E-state index contributed by atoms with van der Waals surface area (Å²) < 4.78 is 7.13. The van der Waals surface area contributed by atoms with Gasteiger partial charge in [0.05, 0.1) is 30.3 Å².